The summed E-state index contributed by atoms with van der Waals surface area (Å²) < 4.78 is 10.9. The summed E-state index contributed by atoms with van der Waals surface area (Å²) in [4.78, 5) is 15.0. The van der Waals surface area contributed by atoms with E-state index in [4.69, 9.17) is 14.6 Å². The van der Waals surface area contributed by atoms with Crippen LogP contribution in [0.25, 0.3) is 0 Å². The van der Waals surface area contributed by atoms with Gasteiger partial charge < -0.3 is 14.6 Å². The van der Waals surface area contributed by atoms with Crippen LogP contribution in [0.4, 0.5) is 0 Å². The number of carbonyl (C=O) groups is 1. The number of pyridine rings is 1. The molecule has 0 spiro atoms. The molecule has 1 saturated heterocycles. The van der Waals surface area contributed by atoms with E-state index in [0.29, 0.717) is 24.8 Å². The van der Waals surface area contributed by atoms with Gasteiger partial charge in [-0.25, -0.2) is 9.78 Å². The fraction of sp³-hybridized carbons (Fsp3) is 0.500. The topological polar surface area (TPSA) is 68.7 Å². The fourth-order valence-corrected chi connectivity index (χ4v) is 1.79. The van der Waals surface area contributed by atoms with E-state index in [0.717, 1.165) is 12.8 Å². The van der Waals surface area contributed by atoms with Gasteiger partial charge in [-0.2, -0.15) is 0 Å². The Balaban J connectivity index is 2.06. The van der Waals surface area contributed by atoms with E-state index in [2.05, 4.69) is 4.98 Å². The second-order valence-electron chi connectivity index (χ2n) is 4.02. The van der Waals surface area contributed by atoms with Gasteiger partial charge in [-0.05, 0) is 13.0 Å². The van der Waals surface area contributed by atoms with E-state index in [-0.39, 0.29) is 11.7 Å². The molecular weight excluding hydrogens is 222 g/mol. The van der Waals surface area contributed by atoms with Crippen LogP contribution in [0.15, 0.2) is 12.1 Å². The molecule has 2 heterocycles. The number of rotatable bonds is 3. The average Bonchev–Trinajstić information content (AvgIpc) is 2.30. The lowest BCUT2D eigenvalue weighted by atomic mass is 10.1. The van der Waals surface area contributed by atoms with Crippen molar-refractivity contribution in [3.63, 3.8) is 0 Å². The zero-order valence-electron chi connectivity index (χ0n) is 9.68. The number of aryl methyl sites for hydroxylation is 1. The van der Waals surface area contributed by atoms with Crippen molar-refractivity contribution in [3.8, 4) is 5.88 Å². The fourth-order valence-electron chi connectivity index (χ4n) is 1.79. The Morgan fingerprint density at radius 3 is 2.76 bits per heavy atom. The summed E-state index contributed by atoms with van der Waals surface area (Å²) in [5.41, 5.74) is 0.686. The molecule has 0 aromatic carbocycles. The number of hydrogen-bond donors (Lipinski definition) is 1. The molecule has 1 aliphatic rings. The molecule has 1 aromatic heterocycles. The first-order valence-electron chi connectivity index (χ1n) is 5.62. The van der Waals surface area contributed by atoms with Crippen molar-refractivity contribution in [2.24, 2.45) is 0 Å². The van der Waals surface area contributed by atoms with Gasteiger partial charge in [0, 0.05) is 18.9 Å². The van der Waals surface area contributed by atoms with Crippen LogP contribution < -0.4 is 4.74 Å². The third-order valence-corrected chi connectivity index (χ3v) is 2.75. The summed E-state index contributed by atoms with van der Waals surface area (Å²) >= 11 is 0. The molecule has 0 atom stereocenters. The quantitative estimate of drug-likeness (QED) is 0.865. The molecule has 0 unspecified atom stereocenters. The predicted molar refractivity (Wildman–Crippen MR) is 60.4 cm³/mol. The Labute approximate surface area is 99.4 Å². The van der Waals surface area contributed by atoms with Gasteiger partial charge in [0.15, 0.2) is 0 Å². The molecular formula is C12H15NO4. The number of carboxylic acid groups (broad SMARTS) is 1. The van der Waals surface area contributed by atoms with Crippen LogP contribution in [-0.2, 0) is 4.74 Å². The maximum Gasteiger partial charge on any atom is 0.337 e. The van der Waals surface area contributed by atoms with Gasteiger partial charge in [-0.15, -0.1) is 0 Å². The number of hydrogen-bond acceptors (Lipinski definition) is 4. The highest BCUT2D eigenvalue weighted by Gasteiger charge is 2.16. The van der Waals surface area contributed by atoms with Gasteiger partial charge in [-0.1, -0.05) is 0 Å². The minimum Gasteiger partial charge on any atom is -0.478 e. The molecule has 0 saturated carbocycles. The summed E-state index contributed by atoms with van der Waals surface area (Å²) in [6.45, 7) is 3.08. The van der Waals surface area contributed by atoms with Crippen LogP contribution in [0, 0.1) is 6.92 Å². The minimum atomic E-state index is -0.965. The largest absolute Gasteiger partial charge is 0.478 e. The van der Waals surface area contributed by atoms with Crippen molar-refractivity contribution in [3.05, 3.63) is 23.4 Å². The van der Waals surface area contributed by atoms with E-state index in [1.807, 2.05) is 0 Å². The SMILES string of the molecule is Cc1nc(OC2CCOCC2)ccc1C(=O)O. The normalized spacial score (nSPS) is 16.8. The first kappa shape index (κ1) is 11.9. The van der Waals surface area contributed by atoms with Gasteiger partial charge in [0.05, 0.1) is 24.5 Å². The standard InChI is InChI=1S/C12H15NO4/c1-8-10(12(14)15)2-3-11(13-8)17-9-4-6-16-7-5-9/h2-3,9H,4-7H2,1H3,(H,14,15). The van der Waals surface area contributed by atoms with Crippen molar-refractivity contribution in [1.82, 2.24) is 4.98 Å². The molecule has 1 fully saturated rings. The Morgan fingerprint density at radius 2 is 2.18 bits per heavy atom. The first-order chi connectivity index (χ1) is 8.16. The monoisotopic (exact) mass is 237 g/mol. The summed E-state index contributed by atoms with van der Waals surface area (Å²) in [6.07, 6.45) is 1.81. The average molecular weight is 237 g/mol. The van der Waals surface area contributed by atoms with E-state index in [1.54, 1.807) is 13.0 Å². The van der Waals surface area contributed by atoms with Crippen LogP contribution >= 0.6 is 0 Å². The number of ether oxygens (including phenoxy) is 2. The molecule has 5 nitrogen and oxygen atoms in total. The molecule has 2 rings (SSSR count). The molecule has 1 aliphatic heterocycles. The molecule has 17 heavy (non-hydrogen) atoms. The van der Waals surface area contributed by atoms with E-state index < -0.39 is 5.97 Å². The van der Waals surface area contributed by atoms with Gasteiger partial charge in [-0.3, -0.25) is 0 Å². The van der Waals surface area contributed by atoms with Crippen LogP contribution in [0.3, 0.4) is 0 Å². The molecule has 5 heteroatoms. The molecule has 0 bridgehead atoms. The Morgan fingerprint density at radius 1 is 1.47 bits per heavy atom. The zero-order chi connectivity index (χ0) is 12.3. The number of carboxylic acids is 1. The van der Waals surface area contributed by atoms with Crippen molar-refractivity contribution in [1.29, 1.82) is 0 Å². The van der Waals surface area contributed by atoms with Crippen molar-refractivity contribution >= 4 is 5.97 Å². The van der Waals surface area contributed by atoms with Crippen molar-refractivity contribution < 1.29 is 19.4 Å². The number of aromatic nitrogens is 1. The number of nitrogens with zero attached hydrogens (tertiary/aromatic N) is 1. The highest BCUT2D eigenvalue weighted by molar-refractivity contribution is 5.88. The molecule has 0 radical (unpaired) electrons. The maximum absolute atomic E-state index is 10.8. The van der Waals surface area contributed by atoms with E-state index in [9.17, 15) is 4.79 Å². The van der Waals surface area contributed by atoms with Crippen LogP contribution in [0.2, 0.25) is 0 Å². The lowest BCUT2D eigenvalue weighted by molar-refractivity contribution is 0.0237. The molecule has 0 aliphatic carbocycles. The number of aromatic carboxylic acids is 1. The third-order valence-electron chi connectivity index (χ3n) is 2.75. The Hall–Kier alpha value is -1.62. The van der Waals surface area contributed by atoms with E-state index >= 15 is 0 Å². The molecule has 1 N–H and O–H groups in total. The molecule has 0 amide bonds. The molecule has 92 valence electrons. The predicted octanol–water partition coefficient (Wildman–Crippen LogP) is 1.65. The summed E-state index contributed by atoms with van der Waals surface area (Å²) in [7, 11) is 0. The van der Waals surface area contributed by atoms with Crippen molar-refractivity contribution in [2.75, 3.05) is 13.2 Å². The Bertz CT molecular complexity index is 413. The summed E-state index contributed by atoms with van der Waals surface area (Å²) in [5, 5.41) is 8.88. The Kier molecular flexibility index (Phi) is 3.58. The lowest BCUT2D eigenvalue weighted by Crippen LogP contribution is -2.26. The first-order valence-corrected chi connectivity index (χ1v) is 5.62. The van der Waals surface area contributed by atoms with Gasteiger partial charge in [0.1, 0.15) is 6.10 Å². The maximum atomic E-state index is 10.8. The highest BCUT2D eigenvalue weighted by atomic mass is 16.5. The second kappa shape index (κ2) is 5.14. The summed E-state index contributed by atoms with van der Waals surface area (Å²) in [6, 6.07) is 3.13. The third kappa shape index (κ3) is 2.94. The second-order valence-corrected chi connectivity index (χ2v) is 4.02. The van der Waals surface area contributed by atoms with Gasteiger partial charge >= 0.3 is 5.97 Å². The minimum absolute atomic E-state index is 0.117. The van der Waals surface area contributed by atoms with E-state index in [1.165, 1.54) is 6.07 Å². The van der Waals surface area contributed by atoms with Crippen LogP contribution in [-0.4, -0.2) is 35.4 Å². The van der Waals surface area contributed by atoms with Crippen molar-refractivity contribution in [2.45, 2.75) is 25.9 Å². The van der Waals surface area contributed by atoms with Gasteiger partial charge in [0.25, 0.3) is 0 Å². The summed E-state index contributed by atoms with van der Waals surface area (Å²) in [5.74, 6) is -0.480. The smallest absolute Gasteiger partial charge is 0.337 e. The van der Waals surface area contributed by atoms with Crippen LogP contribution in [0.5, 0.6) is 5.88 Å². The zero-order valence-corrected chi connectivity index (χ0v) is 9.68. The van der Waals surface area contributed by atoms with Gasteiger partial charge in [0.2, 0.25) is 5.88 Å². The highest BCUT2D eigenvalue weighted by Crippen LogP contribution is 2.17. The molecule has 1 aromatic rings. The van der Waals surface area contributed by atoms with Crippen LogP contribution in [0.1, 0.15) is 28.9 Å². The lowest BCUT2D eigenvalue weighted by Gasteiger charge is -2.22.